The third kappa shape index (κ3) is 3.78. The van der Waals surface area contributed by atoms with E-state index in [1.54, 1.807) is 13.8 Å². The van der Waals surface area contributed by atoms with Gasteiger partial charge >= 0.3 is 0 Å². The zero-order valence-electron chi connectivity index (χ0n) is 10.1. The topological polar surface area (TPSA) is 83.6 Å². The average Bonchev–Trinajstić information content (AvgIpc) is 2.23. The van der Waals surface area contributed by atoms with Crippen molar-refractivity contribution in [2.45, 2.75) is 26.3 Å². The number of nitrogens with zero attached hydrogens (tertiary/aromatic N) is 1. The third-order valence-electron chi connectivity index (χ3n) is 2.64. The molecule has 0 aromatic heterocycles. The van der Waals surface area contributed by atoms with Gasteiger partial charge in [-0.25, -0.2) is 8.42 Å². The van der Waals surface area contributed by atoms with E-state index >= 15 is 0 Å². The Morgan fingerprint density at radius 2 is 2.00 bits per heavy atom. The van der Waals surface area contributed by atoms with Crippen LogP contribution in [0.5, 0.6) is 0 Å². The lowest BCUT2D eigenvalue weighted by Gasteiger charge is -2.29. The van der Waals surface area contributed by atoms with Crippen molar-refractivity contribution >= 4 is 21.7 Å². The van der Waals surface area contributed by atoms with Crippen LogP contribution in [0.1, 0.15) is 20.3 Å². The summed E-state index contributed by atoms with van der Waals surface area (Å²) in [5, 5.41) is 2.74. The van der Waals surface area contributed by atoms with Gasteiger partial charge in [0.15, 0.2) is 9.84 Å². The molecular weight excluding hydrogens is 244 g/mol. The van der Waals surface area contributed by atoms with E-state index in [1.807, 2.05) is 0 Å². The van der Waals surface area contributed by atoms with Crippen molar-refractivity contribution in [1.82, 2.24) is 10.2 Å². The first-order chi connectivity index (χ1) is 7.87. The Bertz CT molecular complexity index is 405. The van der Waals surface area contributed by atoms with Crippen molar-refractivity contribution in [2.24, 2.45) is 0 Å². The summed E-state index contributed by atoms with van der Waals surface area (Å²) in [6.45, 7) is 3.48. The fraction of sp³-hybridized carbons (Fsp3) is 0.800. The fourth-order valence-electron chi connectivity index (χ4n) is 1.66. The van der Waals surface area contributed by atoms with Crippen LogP contribution in [0.4, 0.5) is 0 Å². The molecule has 6 nitrogen and oxygen atoms in total. The molecule has 17 heavy (non-hydrogen) atoms. The highest BCUT2D eigenvalue weighted by Gasteiger charge is 2.31. The van der Waals surface area contributed by atoms with Gasteiger partial charge in [-0.3, -0.25) is 19.8 Å². The fourth-order valence-corrected chi connectivity index (χ4v) is 2.95. The second-order valence-corrected chi connectivity index (χ2v) is 6.44. The Kier molecular flexibility index (Phi) is 4.64. The van der Waals surface area contributed by atoms with Gasteiger partial charge in [0, 0.05) is 12.3 Å². The van der Waals surface area contributed by atoms with Crippen molar-refractivity contribution in [3.8, 4) is 0 Å². The number of piperazine rings is 1. The zero-order chi connectivity index (χ0) is 13.1. The first-order valence-corrected chi connectivity index (χ1v) is 7.47. The van der Waals surface area contributed by atoms with Crippen LogP contribution >= 0.6 is 0 Å². The normalized spacial score (nSPS) is 22.0. The van der Waals surface area contributed by atoms with Gasteiger partial charge in [-0.2, -0.15) is 0 Å². The molecule has 1 aliphatic heterocycles. The number of carbonyl (C=O) groups excluding carboxylic acids is 2. The average molecular weight is 262 g/mol. The molecule has 7 heteroatoms. The molecule has 1 saturated heterocycles. The number of carbonyl (C=O) groups is 2. The summed E-state index contributed by atoms with van der Waals surface area (Å²) in [4.78, 5) is 24.2. The van der Waals surface area contributed by atoms with Crippen molar-refractivity contribution in [1.29, 1.82) is 0 Å². The van der Waals surface area contributed by atoms with Crippen LogP contribution in [-0.4, -0.2) is 55.8 Å². The van der Waals surface area contributed by atoms with Gasteiger partial charge in [0.05, 0.1) is 18.3 Å². The maximum absolute atomic E-state index is 11.7. The van der Waals surface area contributed by atoms with Crippen LogP contribution in [0.15, 0.2) is 0 Å². The van der Waals surface area contributed by atoms with Gasteiger partial charge in [-0.05, 0) is 13.3 Å². The predicted octanol–water partition coefficient (Wildman–Crippen LogP) is -0.842. The minimum absolute atomic E-state index is 0.0357. The molecule has 1 aliphatic rings. The van der Waals surface area contributed by atoms with Gasteiger partial charge in [0.25, 0.3) is 0 Å². The molecule has 1 N–H and O–H groups in total. The summed E-state index contributed by atoms with van der Waals surface area (Å²) in [7, 11) is -3.16. The lowest BCUT2D eigenvalue weighted by atomic mass is 10.2. The van der Waals surface area contributed by atoms with Gasteiger partial charge in [0.2, 0.25) is 11.8 Å². The number of rotatable bonds is 5. The summed E-state index contributed by atoms with van der Waals surface area (Å²) in [5.41, 5.74) is 0. The zero-order valence-corrected chi connectivity index (χ0v) is 10.9. The number of imide groups is 1. The van der Waals surface area contributed by atoms with Crippen LogP contribution < -0.4 is 5.32 Å². The largest absolute Gasteiger partial charge is 0.298 e. The van der Waals surface area contributed by atoms with E-state index in [0.717, 1.165) is 4.90 Å². The van der Waals surface area contributed by atoms with Crippen LogP contribution in [0, 0.1) is 0 Å². The van der Waals surface area contributed by atoms with Crippen molar-refractivity contribution in [3.63, 3.8) is 0 Å². The monoisotopic (exact) mass is 262 g/mol. The second kappa shape index (κ2) is 5.59. The van der Waals surface area contributed by atoms with E-state index in [1.165, 1.54) is 0 Å². The van der Waals surface area contributed by atoms with Crippen LogP contribution in [0.25, 0.3) is 0 Å². The Morgan fingerprint density at radius 1 is 1.35 bits per heavy atom. The summed E-state index contributed by atoms with van der Waals surface area (Å²) in [6, 6.07) is -0.429. The lowest BCUT2D eigenvalue weighted by molar-refractivity contribution is -0.148. The van der Waals surface area contributed by atoms with Crippen molar-refractivity contribution in [3.05, 3.63) is 0 Å². The first kappa shape index (κ1) is 14.1. The minimum atomic E-state index is -3.16. The second-order valence-electron chi connectivity index (χ2n) is 4.14. The SMILES string of the molecule is CCCS(=O)(=O)CCN1C(=O)CNC(C)C1=O. The van der Waals surface area contributed by atoms with Crippen LogP contribution in [0.3, 0.4) is 0 Å². The molecule has 0 bridgehead atoms. The highest BCUT2D eigenvalue weighted by atomic mass is 32.2. The van der Waals surface area contributed by atoms with Gasteiger partial charge < -0.3 is 0 Å². The molecule has 0 aliphatic carbocycles. The minimum Gasteiger partial charge on any atom is -0.298 e. The van der Waals surface area contributed by atoms with Crippen molar-refractivity contribution in [2.75, 3.05) is 24.6 Å². The molecule has 1 rings (SSSR count). The Morgan fingerprint density at radius 3 is 2.59 bits per heavy atom. The Hall–Kier alpha value is -0.950. The van der Waals surface area contributed by atoms with Crippen LogP contribution in [-0.2, 0) is 19.4 Å². The standard InChI is InChI=1S/C10H18N2O4S/c1-3-5-17(15,16)6-4-12-9(13)7-11-8(2)10(12)14/h8,11H,3-7H2,1-2H3. The summed E-state index contributed by atoms with van der Waals surface area (Å²) >= 11 is 0. The molecule has 1 atom stereocenters. The third-order valence-corrected chi connectivity index (χ3v) is 4.47. The number of hydrogen-bond donors (Lipinski definition) is 1. The van der Waals surface area contributed by atoms with Gasteiger partial charge in [-0.1, -0.05) is 6.92 Å². The Labute approximate surface area is 101 Å². The molecule has 1 heterocycles. The number of sulfone groups is 1. The maximum atomic E-state index is 11.7. The lowest BCUT2D eigenvalue weighted by Crippen LogP contribution is -2.57. The van der Waals surface area contributed by atoms with Gasteiger partial charge in [0.1, 0.15) is 0 Å². The molecule has 0 radical (unpaired) electrons. The van der Waals surface area contributed by atoms with Gasteiger partial charge in [-0.15, -0.1) is 0 Å². The molecule has 2 amide bonds. The van der Waals surface area contributed by atoms with E-state index in [0.29, 0.717) is 6.42 Å². The highest BCUT2D eigenvalue weighted by Crippen LogP contribution is 2.04. The van der Waals surface area contributed by atoms with Crippen molar-refractivity contribution < 1.29 is 18.0 Å². The smallest absolute Gasteiger partial charge is 0.246 e. The molecule has 0 aromatic carbocycles. The van der Waals surface area contributed by atoms with E-state index in [9.17, 15) is 18.0 Å². The summed E-state index contributed by atoms with van der Waals surface area (Å²) in [5.74, 6) is -0.769. The molecule has 0 spiro atoms. The summed E-state index contributed by atoms with van der Waals surface area (Å²) in [6.07, 6.45) is 0.544. The van der Waals surface area contributed by atoms with E-state index < -0.39 is 15.9 Å². The molecule has 0 saturated carbocycles. The Balaban J connectivity index is 2.61. The first-order valence-electron chi connectivity index (χ1n) is 5.65. The maximum Gasteiger partial charge on any atom is 0.246 e. The quantitative estimate of drug-likeness (QED) is 0.653. The number of amides is 2. The van der Waals surface area contributed by atoms with E-state index in [4.69, 9.17) is 0 Å². The molecule has 0 aromatic rings. The summed E-state index contributed by atoms with van der Waals surface area (Å²) < 4.78 is 23.0. The van der Waals surface area contributed by atoms with E-state index in [-0.39, 0.29) is 36.4 Å². The number of nitrogens with one attached hydrogen (secondary N) is 1. The highest BCUT2D eigenvalue weighted by molar-refractivity contribution is 7.91. The molecule has 1 fully saturated rings. The number of hydrogen-bond acceptors (Lipinski definition) is 5. The predicted molar refractivity (Wildman–Crippen MR) is 63.1 cm³/mol. The molecule has 98 valence electrons. The van der Waals surface area contributed by atoms with Crippen LogP contribution in [0.2, 0.25) is 0 Å². The van der Waals surface area contributed by atoms with E-state index in [2.05, 4.69) is 5.32 Å². The molecular formula is C10H18N2O4S. The molecule has 1 unspecified atom stereocenters.